The van der Waals surface area contributed by atoms with E-state index < -0.39 is 6.10 Å². The molecule has 31 heavy (non-hydrogen) atoms. The highest BCUT2D eigenvalue weighted by molar-refractivity contribution is 5.85. The van der Waals surface area contributed by atoms with E-state index in [4.69, 9.17) is 14.2 Å². The van der Waals surface area contributed by atoms with Crippen LogP contribution in [0, 0.1) is 0 Å². The van der Waals surface area contributed by atoms with Crippen LogP contribution >= 0.6 is 12.4 Å². The lowest BCUT2D eigenvalue weighted by Gasteiger charge is -2.20. The Morgan fingerprint density at radius 2 is 1.94 bits per heavy atom. The first-order valence-electron chi connectivity index (χ1n) is 10.6. The van der Waals surface area contributed by atoms with E-state index in [1.165, 1.54) is 11.1 Å². The largest absolute Gasteiger partial charge is 0.491 e. The number of ether oxygens (including phenoxy) is 3. The number of nitrogens with one attached hydrogen (secondary N) is 1. The molecule has 0 fully saturated rings. The molecule has 0 saturated carbocycles. The Morgan fingerprint density at radius 3 is 2.71 bits per heavy atom. The topological polar surface area (TPSA) is 77.0 Å². The van der Waals surface area contributed by atoms with Crippen molar-refractivity contribution in [1.82, 2.24) is 5.32 Å². The Morgan fingerprint density at radius 1 is 1.13 bits per heavy atom. The van der Waals surface area contributed by atoms with Gasteiger partial charge in [0, 0.05) is 12.6 Å². The molecule has 1 aliphatic carbocycles. The van der Waals surface area contributed by atoms with Crippen molar-refractivity contribution >= 4 is 18.4 Å². The van der Waals surface area contributed by atoms with Gasteiger partial charge in [0.1, 0.15) is 24.2 Å². The Balaban J connectivity index is 0.00000341. The molecular formula is C24H32ClNO5. The Hall–Kier alpha value is -2.28. The molecule has 2 atom stereocenters. The van der Waals surface area contributed by atoms with Crippen molar-refractivity contribution in [3.8, 4) is 11.5 Å². The maximum atomic E-state index is 11.5. The summed E-state index contributed by atoms with van der Waals surface area (Å²) < 4.78 is 16.1. The fourth-order valence-electron chi connectivity index (χ4n) is 3.62. The van der Waals surface area contributed by atoms with Crippen LogP contribution < -0.4 is 14.8 Å². The Labute approximate surface area is 190 Å². The number of rotatable bonds is 10. The predicted octanol–water partition coefficient (Wildman–Crippen LogP) is 3.33. The number of para-hydroxylation sites is 1. The van der Waals surface area contributed by atoms with Gasteiger partial charge in [0.15, 0.2) is 6.61 Å². The number of halogens is 1. The minimum atomic E-state index is -0.577. The summed E-state index contributed by atoms with van der Waals surface area (Å²) in [5.41, 5.74) is 2.54. The highest BCUT2D eigenvalue weighted by Gasteiger charge is 2.18. The summed E-state index contributed by atoms with van der Waals surface area (Å²) in [5.74, 6) is 1.08. The number of carbonyl (C=O) groups excluding carboxylic acids is 1. The molecule has 0 spiro atoms. The molecule has 170 valence electrons. The van der Waals surface area contributed by atoms with Gasteiger partial charge in [0.05, 0.1) is 6.61 Å². The number of hydrogen-bond donors (Lipinski definition) is 2. The van der Waals surface area contributed by atoms with Crippen molar-refractivity contribution in [2.45, 2.75) is 44.8 Å². The zero-order valence-corrected chi connectivity index (χ0v) is 18.7. The number of fused-ring (bicyclic) bond motifs is 1. The van der Waals surface area contributed by atoms with Crippen LogP contribution in [0.5, 0.6) is 11.5 Å². The smallest absolute Gasteiger partial charge is 0.344 e. The Bertz CT molecular complexity index is 802. The van der Waals surface area contributed by atoms with Gasteiger partial charge in [-0.2, -0.15) is 0 Å². The van der Waals surface area contributed by atoms with E-state index in [2.05, 4.69) is 11.4 Å². The highest BCUT2D eigenvalue weighted by atomic mass is 35.5. The van der Waals surface area contributed by atoms with Crippen LogP contribution in [0.15, 0.2) is 48.5 Å². The maximum Gasteiger partial charge on any atom is 0.344 e. The van der Waals surface area contributed by atoms with E-state index in [1.807, 2.05) is 42.5 Å². The normalized spacial score (nSPS) is 16.3. The van der Waals surface area contributed by atoms with E-state index in [-0.39, 0.29) is 37.6 Å². The molecule has 6 nitrogen and oxygen atoms in total. The molecule has 7 heteroatoms. The second-order valence-electron chi connectivity index (χ2n) is 7.50. The monoisotopic (exact) mass is 449 g/mol. The lowest BCUT2D eigenvalue weighted by Crippen LogP contribution is -2.39. The number of aryl methyl sites for hydroxylation is 1. The maximum absolute atomic E-state index is 11.5. The number of carbonyl (C=O) groups is 1. The lowest BCUT2D eigenvalue weighted by molar-refractivity contribution is -0.145. The number of aliphatic hydroxyl groups is 1. The van der Waals surface area contributed by atoms with Crippen LogP contribution in [0.2, 0.25) is 0 Å². The van der Waals surface area contributed by atoms with Crippen LogP contribution in [0.25, 0.3) is 0 Å². The molecule has 2 aromatic rings. The first-order valence-corrected chi connectivity index (χ1v) is 10.6. The fraction of sp³-hybridized carbons (Fsp3) is 0.458. The molecule has 2 aromatic carbocycles. The molecule has 1 aliphatic rings. The summed E-state index contributed by atoms with van der Waals surface area (Å²) in [6, 6.07) is 15.8. The fourth-order valence-corrected chi connectivity index (χ4v) is 3.62. The summed E-state index contributed by atoms with van der Waals surface area (Å²) in [7, 11) is 0. The van der Waals surface area contributed by atoms with Crippen LogP contribution in [-0.4, -0.2) is 49.6 Å². The molecule has 0 aliphatic heterocycles. The van der Waals surface area contributed by atoms with Gasteiger partial charge in [-0.1, -0.05) is 24.3 Å². The van der Waals surface area contributed by atoms with Gasteiger partial charge in [-0.25, -0.2) is 4.79 Å². The zero-order chi connectivity index (χ0) is 21.2. The second-order valence-corrected chi connectivity index (χ2v) is 7.50. The van der Waals surface area contributed by atoms with Crippen molar-refractivity contribution in [3.05, 3.63) is 59.7 Å². The summed E-state index contributed by atoms with van der Waals surface area (Å²) in [4.78, 5) is 11.5. The molecule has 3 rings (SSSR count). The van der Waals surface area contributed by atoms with Gasteiger partial charge in [-0.05, 0) is 68.0 Å². The molecule has 0 unspecified atom stereocenters. The van der Waals surface area contributed by atoms with Crippen LogP contribution in [-0.2, 0) is 22.4 Å². The number of aliphatic hydroxyl groups excluding tert-OH is 1. The second kappa shape index (κ2) is 13.2. The van der Waals surface area contributed by atoms with Gasteiger partial charge < -0.3 is 24.6 Å². The van der Waals surface area contributed by atoms with Crippen molar-refractivity contribution in [2.75, 3.05) is 26.4 Å². The molecule has 0 radical (unpaired) electrons. The molecule has 0 aromatic heterocycles. The molecular weight excluding hydrogens is 418 g/mol. The first kappa shape index (κ1) is 25.0. The van der Waals surface area contributed by atoms with E-state index in [9.17, 15) is 9.90 Å². The quantitative estimate of drug-likeness (QED) is 0.428. The number of hydrogen-bond acceptors (Lipinski definition) is 6. The van der Waals surface area contributed by atoms with Crippen molar-refractivity contribution in [3.63, 3.8) is 0 Å². The SMILES string of the molecule is CCOC(=O)COc1ccc2c(c1)C[C@@H](NC[C@@H](O)COc1ccccc1)CCC2.Cl. The third-order valence-electron chi connectivity index (χ3n) is 5.13. The van der Waals surface area contributed by atoms with Gasteiger partial charge >= 0.3 is 5.97 Å². The van der Waals surface area contributed by atoms with Crippen LogP contribution in [0.1, 0.15) is 30.9 Å². The summed E-state index contributed by atoms with van der Waals surface area (Å²) >= 11 is 0. The van der Waals surface area contributed by atoms with E-state index in [1.54, 1.807) is 6.92 Å². The average Bonchev–Trinajstić information content (AvgIpc) is 2.97. The third kappa shape index (κ3) is 8.40. The molecule has 0 saturated heterocycles. The average molecular weight is 450 g/mol. The standard InChI is InChI=1S/C24H31NO5.ClH/c1-2-28-24(27)17-30-23-12-11-18-7-6-8-20(13-19(18)14-23)25-15-21(26)16-29-22-9-4-3-5-10-22;/h3-5,9-12,14,20-21,25-26H,2,6-8,13,15-17H2,1H3;1H/t20-,21+;/m0./s1. The van der Waals surface area contributed by atoms with Crippen LogP contribution in [0.4, 0.5) is 0 Å². The lowest BCUT2D eigenvalue weighted by atomic mass is 10.0. The number of esters is 1. The minimum absolute atomic E-state index is 0. The van der Waals surface area contributed by atoms with Crippen LogP contribution in [0.3, 0.4) is 0 Å². The molecule has 0 heterocycles. The van der Waals surface area contributed by atoms with E-state index in [0.29, 0.717) is 18.9 Å². The summed E-state index contributed by atoms with van der Waals surface area (Å²) in [6.45, 7) is 2.78. The van der Waals surface area contributed by atoms with E-state index in [0.717, 1.165) is 31.4 Å². The molecule has 0 bridgehead atoms. The third-order valence-corrected chi connectivity index (χ3v) is 5.13. The highest BCUT2D eigenvalue weighted by Crippen LogP contribution is 2.25. The molecule has 2 N–H and O–H groups in total. The summed E-state index contributed by atoms with van der Waals surface area (Å²) in [6.07, 6.45) is 3.43. The van der Waals surface area contributed by atoms with Crippen molar-refractivity contribution in [2.24, 2.45) is 0 Å². The van der Waals surface area contributed by atoms with Gasteiger partial charge in [0.25, 0.3) is 0 Å². The summed E-state index contributed by atoms with van der Waals surface area (Å²) in [5, 5.41) is 13.7. The van der Waals surface area contributed by atoms with Gasteiger partial charge in [-0.15, -0.1) is 12.4 Å². The minimum Gasteiger partial charge on any atom is -0.491 e. The number of benzene rings is 2. The molecule has 0 amide bonds. The Kier molecular flexibility index (Phi) is 10.6. The van der Waals surface area contributed by atoms with E-state index >= 15 is 0 Å². The predicted molar refractivity (Wildman–Crippen MR) is 122 cm³/mol. The zero-order valence-electron chi connectivity index (χ0n) is 17.9. The van der Waals surface area contributed by atoms with Gasteiger partial charge in [-0.3, -0.25) is 0 Å². The van der Waals surface area contributed by atoms with Crippen molar-refractivity contribution < 1.29 is 24.1 Å². The van der Waals surface area contributed by atoms with Crippen molar-refractivity contribution in [1.29, 1.82) is 0 Å². The van der Waals surface area contributed by atoms with Gasteiger partial charge in [0.2, 0.25) is 0 Å². The first-order chi connectivity index (χ1) is 14.6.